The van der Waals surface area contributed by atoms with Crippen molar-refractivity contribution in [3.05, 3.63) is 47.5 Å². The molecule has 0 fully saturated rings. The van der Waals surface area contributed by atoms with Crippen LogP contribution in [0.5, 0.6) is 0 Å². The van der Waals surface area contributed by atoms with Crippen LogP contribution in [0.4, 0.5) is 4.39 Å². The van der Waals surface area contributed by atoms with E-state index in [1.165, 1.54) is 12.1 Å². The number of benzene rings is 1. The molecule has 1 aromatic carbocycles. The summed E-state index contributed by atoms with van der Waals surface area (Å²) in [5.41, 5.74) is 2.50. The number of halogens is 1. The molecule has 0 N–H and O–H groups in total. The lowest BCUT2D eigenvalue weighted by Gasteiger charge is -2.06. The average molecular weight is 220 g/mol. The molecule has 16 heavy (non-hydrogen) atoms. The molecule has 1 aromatic heterocycles. The topological polar surface area (TPSA) is 27.1 Å². The third kappa shape index (κ3) is 2.12. The highest BCUT2D eigenvalue weighted by atomic mass is 19.1. The summed E-state index contributed by atoms with van der Waals surface area (Å²) >= 11 is 0. The fourth-order valence-corrected chi connectivity index (χ4v) is 1.64. The molecule has 0 saturated heterocycles. The lowest BCUT2D eigenvalue weighted by molar-refractivity contribution is 0.179. The third-order valence-corrected chi connectivity index (χ3v) is 2.25. The number of nitrogens with zero attached hydrogens (tertiary/aromatic N) is 2. The second kappa shape index (κ2) is 4.45. The summed E-state index contributed by atoms with van der Waals surface area (Å²) in [6, 6.07) is 8.27. The van der Waals surface area contributed by atoms with E-state index in [-0.39, 0.29) is 5.82 Å². The SMILES string of the molecule is COCc1cc(C)nn1-c1cccc(F)c1. The van der Waals surface area contributed by atoms with E-state index >= 15 is 0 Å². The number of hydrogen-bond acceptors (Lipinski definition) is 2. The number of aryl methyl sites for hydroxylation is 1. The van der Waals surface area contributed by atoms with Crippen molar-refractivity contribution in [1.29, 1.82) is 0 Å². The van der Waals surface area contributed by atoms with Crippen molar-refractivity contribution in [1.82, 2.24) is 9.78 Å². The van der Waals surface area contributed by atoms with Gasteiger partial charge in [-0.05, 0) is 31.2 Å². The number of methoxy groups -OCH3 is 1. The average Bonchev–Trinajstić information content (AvgIpc) is 2.60. The summed E-state index contributed by atoms with van der Waals surface area (Å²) in [7, 11) is 1.62. The minimum atomic E-state index is -0.269. The lowest BCUT2D eigenvalue weighted by Crippen LogP contribution is -2.03. The van der Waals surface area contributed by atoms with Gasteiger partial charge >= 0.3 is 0 Å². The highest BCUT2D eigenvalue weighted by molar-refractivity contribution is 5.33. The molecule has 2 rings (SSSR count). The van der Waals surface area contributed by atoms with Crippen LogP contribution in [0.15, 0.2) is 30.3 Å². The molecule has 0 amide bonds. The van der Waals surface area contributed by atoms with Gasteiger partial charge in [0, 0.05) is 7.11 Å². The van der Waals surface area contributed by atoms with Crippen LogP contribution < -0.4 is 0 Å². The van der Waals surface area contributed by atoms with Crippen LogP contribution in [-0.4, -0.2) is 16.9 Å². The monoisotopic (exact) mass is 220 g/mol. The van der Waals surface area contributed by atoms with Crippen molar-refractivity contribution in [3.8, 4) is 5.69 Å². The first-order valence-corrected chi connectivity index (χ1v) is 5.01. The van der Waals surface area contributed by atoms with Gasteiger partial charge < -0.3 is 4.74 Å². The van der Waals surface area contributed by atoms with E-state index in [2.05, 4.69) is 5.10 Å². The Balaban J connectivity index is 2.46. The molecule has 0 bridgehead atoms. The van der Waals surface area contributed by atoms with E-state index < -0.39 is 0 Å². The maximum atomic E-state index is 13.1. The molecule has 0 aliphatic carbocycles. The molecule has 0 spiro atoms. The van der Waals surface area contributed by atoms with E-state index in [0.717, 1.165) is 11.4 Å². The van der Waals surface area contributed by atoms with Gasteiger partial charge in [-0.15, -0.1) is 0 Å². The van der Waals surface area contributed by atoms with E-state index in [1.807, 2.05) is 19.1 Å². The number of ether oxygens (including phenoxy) is 1. The van der Waals surface area contributed by atoms with Gasteiger partial charge in [0.05, 0.1) is 23.7 Å². The van der Waals surface area contributed by atoms with Crippen molar-refractivity contribution in [2.24, 2.45) is 0 Å². The van der Waals surface area contributed by atoms with Crippen molar-refractivity contribution >= 4 is 0 Å². The van der Waals surface area contributed by atoms with Crippen LogP contribution in [0.2, 0.25) is 0 Å². The minimum absolute atomic E-state index is 0.269. The normalized spacial score (nSPS) is 10.7. The zero-order chi connectivity index (χ0) is 11.5. The second-order valence-corrected chi connectivity index (χ2v) is 3.60. The first kappa shape index (κ1) is 10.8. The molecular formula is C12H13FN2O. The van der Waals surface area contributed by atoms with Crippen LogP contribution in [0, 0.1) is 12.7 Å². The summed E-state index contributed by atoms with van der Waals surface area (Å²) in [5.74, 6) is -0.269. The van der Waals surface area contributed by atoms with Crippen molar-refractivity contribution in [2.75, 3.05) is 7.11 Å². The predicted octanol–water partition coefficient (Wildman–Crippen LogP) is 2.47. The Morgan fingerprint density at radius 2 is 2.19 bits per heavy atom. The molecular weight excluding hydrogens is 207 g/mol. The molecule has 0 unspecified atom stereocenters. The molecule has 1 heterocycles. The highest BCUT2D eigenvalue weighted by Gasteiger charge is 2.07. The summed E-state index contributed by atoms with van der Waals surface area (Å²) < 4.78 is 19.9. The number of aromatic nitrogens is 2. The molecule has 0 radical (unpaired) electrons. The predicted molar refractivity (Wildman–Crippen MR) is 59.0 cm³/mol. The van der Waals surface area contributed by atoms with E-state index in [1.54, 1.807) is 17.9 Å². The zero-order valence-corrected chi connectivity index (χ0v) is 9.27. The molecule has 4 heteroatoms. The fourth-order valence-electron chi connectivity index (χ4n) is 1.64. The van der Waals surface area contributed by atoms with Crippen LogP contribution in [0.3, 0.4) is 0 Å². The summed E-state index contributed by atoms with van der Waals surface area (Å²) in [6.45, 7) is 2.35. The highest BCUT2D eigenvalue weighted by Crippen LogP contribution is 2.14. The number of rotatable bonds is 3. The summed E-state index contributed by atoms with van der Waals surface area (Å²) in [6.07, 6.45) is 0. The maximum absolute atomic E-state index is 13.1. The largest absolute Gasteiger partial charge is 0.378 e. The van der Waals surface area contributed by atoms with Gasteiger partial charge in [-0.25, -0.2) is 9.07 Å². The molecule has 84 valence electrons. The quantitative estimate of drug-likeness (QED) is 0.794. The maximum Gasteiger partial charge on any atom is 0.125 e. The van der Waals surface area contributed by atoms with Gasteiger partial charge in [0.1, 0.15) is 5.82 Å². The van der Waals surface area contributed by atoms with Gasteiger partial charge in [-0.1, -0.05) is 6.07 Å². The molecule has 0 atom stereocenters. The van der Waals surface area contributed by atoms with Gasteiger partial charge in [-0.3, -0.25) is 0 Å². The van der Waals surface area contributed by atoms with E-state index in [0.29, 0.717) is 12.3 Å². The lowest BCUT2D eigenvalue weighted by atomic mass is 10.3. The third-order valence-electron chi connectivity index (χ3n) is 2.25. The van der Waals surface area contributed by atoms with Crippen LogP contribution in [-0.2, 0) is 11.3 Å². The molecule has 3 nitrogen and oxygen atoms in total. The summed E-state index contributed by atoms with van der Waals surface area (Å²) in [5, 5.41) is 4.31. The molecule has 2 aromatic rings. The van der Waals surface area contributed by atoms with Crippen molar-refractivity contribution in [2.45, 2.75) is 13.5 Å². The second-order valence-electron chi connectivity index (χ2n) is 3.60. The Labute approximate surface area is 93.5 Å². The Hall–Kier alpha value is -1.68. The van der Waals surface area contributed by atoms with Gasteiger partial charge in [0.15, 0.2) is 0 Å². The van der Waals surface area contributed by atoms with Crippen LogP contribution in [0.25, 0.3) is 5.69 Å². The summed E-state index contributed by atoms with van der Waals surface area (Å²) in [4.78, 5) is 0. The standard InChI is InChI=1S/C12H13FN2O/c1-9-6-12(8-16-2)15(14-9)11-5-3-4-10(13)7-11/h3-7H,8H2,1-2H3. The minimum Gasteiger partial charge on any atom is -0.378 e. The molecule has 0 saturated carbocycles. The van der Waals surface area contributed by atoms with Gasteiger partial charge in [0.25, 0.3) is 0 Å². The fraction of sp³-hybridized carbons (Fsp3) is 0.250. The van der Waals surface area contributed by atoms with Gasteiger partial charge in [0.2, 0.25) is 0 Å². The Kier molecular flexibility index (Phi) is 3.01. The van der Waals surface area contributed by atoms with Crippen molar-refractivity contribution in [3.63, 3.8) is 0 Å². The first-order chi connectivity index (χ1) is 7.70. The van der Waals surface area contributed by atoms with Crippen molar-refractivity contribution < 1.29 is 9.13 Å². The Morgan fingerprint density at radius 1 is 1.38 bits per heavy atom. The first-order valence-electron chi connectivity index (χ1n) is 5.01. The van der Waals surface area contributed by atoms with E-state index in [4.69, 9.17) is 4.74 Å². The van der Waals surface area contributed by atoms with Crippen LogP contribution in [0.1, 0.15) is 11.4 Å². The molecule has 0 aliphatic heterocycles. The van der Waals surface area contributed by atoms with Gasteiger partial charge in [-0.2, -0.15) is 5.10 Å². The van der Waals surface area contributed by atoms with Crippen LogP contribution >= 0.6 is 0 Å². The zero-order valence-electron chi connectivity index (χ0n) is 9.27. The Bertz CT molecular complexity index is 494. The molecule has 0 aliphatic rings. The van der Waals surface area contributed by atoms with E-state index in [9.17, 15) is 4.39 Å². The number of hydrogen-bond donors (Lipinski definition) is 0. The Morgan fingerprint density at radius 3 is 2.88 bits per heavy atom. The smallest absolute Gasteiger partial charge is 0.125 e.